The van der Waals surface area contributed by atoms with Crippen molar-refractivity contribution in [3.8, 4) is 16.3 Å². The van der Waals surface area contributed by atoms with Gasteiger partial charge in [-0.05, 0) is 45.0 Å². The first kappa shape index (κ1) is 22.2. The van der Waals surface area contributed by atoms with Gasteiger partial charge in [-0.3, -0.25) is 10.1 Å². The van der Waals surface area contributed by atoms with Crippen molar-refractivity contribution in [3.63, 3.8) is 0 Å². The van der Waals surface area contributed by atoms with Gasteiger partial charge >= 0.3 is 0 Å². The first-order valence-corrected chi connectivity index (χ1v) is 11.6. The van der Waals surface area contributed by atoms with Crippen molar-refractivity contribution in [2.24, 2.45) is 0 Å². The van der Waals surface area contributed by atoms with Crippen LogP contribution < -0.4 is 10.1 Å². The molecule has 3 aromatic rings. The zero-order chi connectivity index (χ0) is 21.7. The van der Waals surface area contributed by atoms with Crippen molar-refractivity contribution in [2.75, 3.05) is 11.1 Å². The van der Waals surface area contributed by atoms with E-state index in [9.17, 15) is 4.79 Å². The molecule has 10 heteroatoms. The smallest absolute Gasteiger partial charge is 0.236 e. The fraction of sp³-hybridized carbons (Fsp3) is 0.450. The van der Waals surface area contributed by atoms with Crippen LogP contribution in [0.15, 0.2) is 29.4 Å². The van der Waals surface area contributed by atoms with E-state index in [-0.39, 0.29) is 23.7 Å². The molecule has 0 saturated heterocycles. The molecule has 0 radical (unpaired) electrons. The number of hydrogen-bond donors (Lipinski definition) is 1. The molecule has 160 valence electrons. The largest absolute Gasteiger partial charge is 0.491 e. The molecule has 1 aromatic carbocycles. The maximum Gasteiger partial charge on any atom is 0.236 e. The highest BCUT2D eigenvalue weighted by Gasteiger charge is 2.16. The number of carbonyl (C=O) groups is 1. The summed E-state index contributed by atoms with van der Waals surface area (Å²) in [6.07, 6.45) is 0.125. The van der Waals surface area contributed by atoms with Gasteiger partial charge in [0.05, 0.1) is 11.9 Å². The summed E-state index contributed by atoms with van der Waals surface area (Å²) in [7, 11) is 0. The summed E-state index contributed by atoms with van der Waals surface area (Å²) in [5.74, 6) is 2.10. The van der Waals surface area contributed by atoms with Gasteiger partial charge in [0.15, 0.2) is 5.16 Å². The van der Waals surface area contributed by atoms with Gasteiger partial charge in [0.25, 0.3) is 0 Å². The number of anilines is 1. The number of thioether (sulfide) groups is 1. The second-order valence-corrected chi connectivity index (χ2v) is 9.10. The molecular weight excluding hydrogens is 420 g/mol. The predicted octanol–water partition coefficient (Wildman–Crippen LogP) is 4.46. The third-order valence-electron chi connectivity index (χ3n) is 4.05. The van der Waals surface area contributed by atoms with Gasteiger partial charge in [-0.2, -0.15) is 0 Å². The van der Waals surface area contributed by atoms with Crippen LogP contribution in [0.1, 0.15) is 46.4 Å². The van der Waals surface area contributed by atoms with Crippen LogP contribution in [0.2, 0.25) is 0 Å². The maximum absolute atomic E-state index is 12.4. The van der Waals surface area contributed by atoms with E-state index in [0.717, 1.165) is 33.8 Å². The number of hydrogen-bond acceptors (Lipinski definition) is 8. The van der Waals surface area contributed by atoms with Crippen LogP contribution in [0.3, 0.4) is 0 Å². The van der Waals surface area contributed by atoms with Crippen LogP contribution >= 0.6 is 23.1 Å². The van der Waals surface area contributed by atoms with Gasteiger partial charge in [0, 0.05) is 18.0 Å². The Labute approximate surface area is 184 Å². The normalized spacial score (nSPS) is 11.3. The Balaban J connectivity index is 1.57. The maximum atomic E-state index is 12.4. The molecule has 3 rings (SSSR count). The third-order valence-corrected chi connectivity index (χ3v) is 5.91. The zero-order valence-corrected chi connectivity index (χ0v) is 19.4. The monoisotopic (exact) mass is 446 g/mol. The minimum absolute atomic E-state index is 0.125. The lowest BCUT2D eigenvalue weighted by Crippen LogP contribution is -2.14. The standard InChI is InChI=1S/C20H26N6O2S2/c1-6-26-17(12(2)3)22-25-20(26)29-11-16(27)21-19-24-23-18(30-19)14-7-9-15(10-8-14)28-13(4)5/h7-10,12-13H,6,11H2,1-5H3,(H,21,24,27). The summed E-state index contributed by atoms with van der Waals surface area (Å²) < 4.78 is 7.69. The molecule has 0 unspecified atom stereocenters. The number of aromatic nitrogens is 5. The molecule has 0 aliphatic rings. The summed E-state index contributed by atoms with van der Waals surface area (Å²) in [6, 6.07) is 7.68. The van der Waals surface area contributed by atoms with E-state index >= 15 is 0 Å². The van der Waals surface area contributed by atoms with Gasteiger partial charge in [0.1, 0.15) is 16.6 Å². The van der Waals surface area contributed by atoms with Crippen LogP contribution in [-0.4, -0.2) is 42.7 Å². The molecule has 0 saturated carbocycles. The van der Waals surface area contributed by atoms with Crippen LogP contribution in [0.5, 0.6) is 5.75 Å². The van der Waals surface area contributed by atoms with Crippen molar-refractivity contribution < 1.29 is 9.53 Å². The molecule has 2 aromatic heterocycles. The summed E-state index contributed by atoms with van der Waals surface area (Å²) in [4.78, 5) is 12.4. The highest BCUT2D eigenvalue weighted by molar-refractivity contribution is 7.99. The number of rotatable bonds is 9. The van der Waals surface area contributed by atoms with E-state index in [4.69, 9.17) is 4.74 Å². The highest BCUT2D eigenvalue weighted by atomic mass is 32.2. The Bertz CT molecular complexity index is 982. The Hall–Kier alpha value is -2.46. The van der Waals surface area contributed by atoms with Gasteiger partial charge in [0.2, 0.25) is 11.0 Å². The summed E-state index contributed by atoms with van der Waals surface area (Å²) in [5.41, 5.74) is 0.927. The fourth-order valence-corrected chi connectivity index (χ4v) is 4.33. The average Bonchev–Trinajstić information content (AvgIpc) is 3.33. The summed E-state index contributed by atoms with van der Waals surface area (Å²) in [5, 5.41) is 21.5. The van der Waals surface area contributed by atoms with E-state index in [1.54, 1.807) is 0 Å². The van der Waals surface area contributed by atoms with E-state index < -0.39 is 0 Å². The molecule has 8 nitrogen and oxygen atoms in total. The molecule has 0 fully saturated rings. The zero-order valence-electron chi connectivity index (χ0n) is 17.7. The number of benzene rings is 1. The molecule has 0 atom stereocenters. The number of amides is 1. The second-order valence-electron chi connectivity index (χ2n) is 7.18. The first-order valence-electron chi connectivity index (χ1n) is 9.83. The van der Waals surface area contributed by atoms with Crippen molar-refractivity contribution in [3.05, 3.63) is 30.1 Å². The number of carbonyl (C=O) groups excluding carboxylic acids is 1. The number of ether oxygens (including phenoxy) is 1. The minimum Gasteiger partial charge on any atom is -0.491 e. The molecule has 2 heterocycles. The van der Waals surface area contributed by atoms with Crippen LogP contribution in [0.25, 0.3) is 10.6 Å². The SMILES string of the molecule is CCn1c(SCC(=O)Nc2nnc(-c3ccc(OC(C)C)cc3)s2)nnc1C(C)C. The highest BCUT2D eigenvalue weighted by Crippen LogP contribution is 2.28. The van der Waals surface area contributed by atoms with Crippen molar-refractivity contribution >= 4 is 34.1 Å². The Morgan fingerprint density at radius 3 is 2.50 bits per heavy atom. The lowest BCUT2D eigenvalue weighted by molar-refractivity contribution is -0.113. The second kappa shape index (κ2) is 10.0. The average molecular weight is 447 g/mol. The predicted molar refractivity (Wildman–Crippen MR) is 120 cm³/mol. The number of nitrogens with zero attached hydrogens (tertiary/aromatic N) is 5. The number of nitrogens with one attached hydrogen (secondary N) is 1. The van der Waals surface area contributed by atoms with E-state index in [1.165, 1.54) is 23.1 Å². The van der Waals surface area contributed by atoms with E-state index in [0.29, 0.717) is 5.13 Å². The first-order chi connectivity index (χ1) is 14.4. The molecule has 0 aliphatic carbocycles. The Morgan fingerprint density at radius 1 is 1.13 bits per heavy atom. The third kappa shape index (κ3) is 5.57. The van der Waals surface area contributed by atoms with Gasteiger partial charge < -0.3 is 9.30 Å². The van der Waals surface area contributed by atoms with Gasteiger partial charge in [-0.15, -0.1) is 20.4 Å². The molecule has 1 N–H and O–H groups in total. The van der Waals surface area contributed by atoms with Crippen molar-refractivity contribution in [2.45, 2.75) is 58.3 Å². The van der Waals surface area contributed by atoms with Crippen LogP contribution in [0.4, 0.5) is 5.13 Å². The fourth-order valence-electron chi connectivity index (χ4n) is 2.76. The summed E-state index contributed by atoms with van der Waals surface area (Å²) in [6.45, 7) is 10.9. The Kier molecular flexibility index (Phi) is 7.43. The molecule has 1 amide bonds. The van der Waals surface area contributed by atoms with Gasteiger partial charge in [-0.25, -0.2) is 0 Å². The van der Waals surface area contributed by atoms with Crippen LogP contribution in [0, 0.1) is 0 Å². The molecule has 0 spiro atoms. The lowest BCUT2D eigenvalue weighted by atomic mass is 10.2. The van der Waals surface area contributed by atoms with Crippen LogP contribution in [-0.2, 0) is 11.3 Å². The Morgan fingerprint density at radius 2 is 1.87 bits per heavy atom. The van der Waals surface area contributed by atoms with E-state index in [2.05, 4.69) is 39.6 Å². The van der Waals surface area contributed by atoms with Gasteiger partial charge in [-0.1, -0.05) is 36.9 Å². The topological polar surface area (TPSA) is 94.8 Å². The quantitative estimate of drug-likeness (QED) is 0.485. The molecule has 0 aliphatic heterocycles. The molecule has 30 heavy (non-hydrogen) atoms. The molecule has 0 bridgehead atoms. The van der Waals surface area contributed by atoms with Crippen molar-refractivity contribution in [1.29, 1.82) is 0 Å². The minimum atomic E-state index is -0.153. The summed E-state index contributed by atoms with van der Waals surface area (Å²) >= 11 is 2.70. The molecular formula is C20H26N6O2S2. The lowest BCUT2D eigenvalue weighted by Gasteiger charge is -2.09. The van der Waals surface area contributed by atoms with Crippen molar-refractivity contribution in [1.82, 2.24) is 25.0 Å². The van der Waals surface area contributed by atoms with E-state index in [1.807, 2.05) is 49.6 Å².